The van der Waals surface area contributed by atoms with Gasteiger partial charge in [-0.3, -0.25) is 14.4 Å². The quantitative estimate of drug-likeness (QED) is 0.0673. The summed E-state index contributed by atoms with van der Waals surface area (Å²) in [5.41, 5.74) is 2.78. The molecule has 2 aromatic heterocycles. The lowest BCUT2D eigenvalue weighted by molar-refractivity contribution is -0.221. The summed E-state index contributed by atoms with van der Waals surface area (Å²) in [5.74, 6) is 0.498. The van der Waals surface area contributed by atoms with Gasteiger partial charge in [0.2, 0.25) is 0 Å². The number of aliphatic hydroxyl groups is 1. The monoisotopic (exact) mass is 971 g/mol. The van der Waals surface area contributed by atoms with Crippen LogP contribution in [0.15, 0.2) is 109 Å². The first-order valence-electron chi connectivity index (χ1n) is 26.4. The van der Waals surface area contributed by atoms with Gasteiger partial charge in [0.25, 0.3) is 0 Å². The maximum Gasteiger partial charge on any atom is 0.313 e. The number of rotatable bonds is 13. The Labute approximate surface area is 422 Å². The van der Waals surface area contributed by atoms with Crippen LogP contribution in [0, 0.1) is 50.2 Å². The highest BCUT2D eigenvalue weighted by Crippen LogP contribution is 2.76. The molecule has 12 nitrogen and oxygen atoms in total. The van der Waals surface area contributed by atoms with Crippen LogP contribution in [0.4, 0.5) is 0 Å². The number of aromatic nitrogens is 6. The van der Waals surface area contributed by atoms with Crippen LogP contribution in [0.25, 0.3) is 21.5 Å². The van der Waals surface area contributed by atoms with Crippen molar-refractivity contribution in [3.63, 3.8) is 0 Å². The first kappa shape index (κ1) is 48.4. The lowest BCUT2D eigenvalue weighted by Crippen LogP contribution is -2.66. The highest BCUT2D eigenvalue weighted by Gasteiger charge is 2.70. The van der Waals surface area contributed by atoms with Crippen molar-refractivity contribution in [2.24, 2.45) is 50.2 Å². The number of Topliss-reactive ketones (excluding diaryl/α,β-unsaturated/α-hetero) is 2. The van der Waals surface area contributed by atoms with Gasteiger partial charge in [0.05, 0.1) is 37.1 Å². The number of hydrogen-bond donors (Lipinski definition) is 1. The number of allylic oxidation sites excluding steroid dienone is 2. The molecule has 0 bridgehead atoms. The van der Waals surface area contributed by atoms with Gasteiger partial charge in [-0.15, -0.1) is 10.2 Å². The Morgan fingerprint density at radius 3 is 1.88 bits per heavy atom. The molecule has 5 aliphatic carbocycles. The second-order valence-corrected chi connectivity index (χ2v) is 24.3. The molecule has 9 atom stereocenters. The van der Waals surface area contributed by atoms with Crippen LogP contribution < -0.4 is 0 Å². The van der Waals surface area contributed by atoms with Gasteiger partial charge in [-0.1, -0.05) is 136 Å². The summed E-state index contributed by atoms with van der Waals surface area (Å²) < 4.78 is 15.9. The van der Waals surface area contributed by atoms with E-state index in [9.17, 15) is 19.5 Å². The third-order valence-corrected chi connectivity index (χ3v) is 19.8. The molecule has 4 saturated carbocycles. The van der Waals surface area contributed by atoms with Gasteiger partial charge >= 0.3 is 5.97 Å². The van der Waals surface area contributed by atoms with Crippen LogP contribution in [0.1, 0.15) is 138 Å². The van der Waals surface area contributed by atoms with Crippen molar-refractivity contribution in [1.29, 1.82) is 0 Å². The number of ketones is 2. The van der Waals surface area contributed by atoms with E-state index in [1.807, 2.05) is 84.9 Å². The van der Waals surface area contributed by atoms with Gasteiger partial charge in [-0.05, 0) is 137 Å². The molecule has 4 aromatic carbocycles. The van der Waals surface area contributed by atoms with Crippen LogP contribution in [-0.4, -0.2) is 65.3 Å². The third-order valence-electron chi connectivity index (χ3n) is 19.8. The Balaban J connectivity index is 0.763. The number of carbonyl (C=O) groups is 3. The number of hydrogen-bond acceptors (Lipinski definition) is 10. The third kappa shape index (κ3) is 8.15. The van der Waals surface area contributed by atoms with Gasteiger partial charge in [-0.2, -0.15) is 0 Å². The van der Waals surface area contributed by atoms with Crippen LogP contribution in [0.2, 0.25) is 0 Å². The van der Waals surface area contributed by atoms with E-state index in [4.69, 9.17) is 9.47 Å². The Hall–Kier alpha value is -5.85. The molecule has 0 aliphatic heterocycles. The van der Waals surface area contributed by atoms with Gasteiger partial charge in [0, 0.05) is 16.5 Å². The zero-order valence-electron chi connectivity index (χ0n) is 42.9. The minimum Gasteiger partial charge on any atom is -0.459 e. The average molecular weight is 971 g/mol. The van der Waals surface area contributed by atoms with Crippen molar-refractivity contribution in [3.8, 4) is 0 Å². The van der Waals surface area contributed by atoms with Gasteiger partial charge < -0.3 is 14.6 Å². The lowest BCUT2D eigenvalue weighted by atomic mass is 9.33. The molecule has 376 valence electrons. The summed E-state index contributed by atoms with van der Waals surface area (Å²) in [6.07, 6.45) is 14.6. The highest BCUT2D eigenvalue weighted by molar-refractivity contribution is 6.00. The zero-order chi connectivity index (χ0) is 50.3. The van der Waals surface area contributed by atoms with Crippen molar-refractivity contribution in [1.82, 2.24) is 30.0 Å². The van der Waals surface area contributed by atoms with Crippen LogP contribution in [-0.2, 0) is 40.6 Å². The Bertz CT molecular complexity index is 3120. The molecule has 4 fully saturated rings. The van der Waals surface area contributed by atoms with Crippen LogP contribution in [0.3, 0.4) is 0 Å². The molecular weight excluding hydrogens is 901 g/mol. The van der Waals surface area contributed by atoms with Crippen LogP contribution >= 0.6 is 0 Å². The fraction of sp³-hybridized carbons (Fsp3) is 0.517. The zero-order valence-corrected chi connectivity index (χ0v) is 42.9. The Kier molecular flexibility index (Phi) is 12.1. The van der Waals surface area contributed by atoms with E-state index >= 15 is 0 Å². The minimum absolute atomic E-state index is 0.00435. The SMILES string of the molecule is CC1(C)CC[C@]2(C(=O)OCc3cn(CC(=O)c4ccc5ccccc5c4)nn3)CC[C@]3(C)C(=CC[C@@H]4[C@@]5(C)CC[C@H](O)[C@@](C)(COCc6cn(CC(=O)c7ccc8ccccc8c7)nn6)[C@@H]5CC[C@]43C)[C@@H]2C1. The second-order valence-electron chi connectivity index (χ2n) is 24.3. The molecule has 12 heteroatoms. The van der Waals surface area contributed by atoms with Gasteiger partial charge in [0.15, 0.2) is 11.6 Å². The molecule has 72 heavy (non-hydrogen) atoms. The van der Waals surface area contributed by atoms with E-state index in [1.54, 1.807) is 17.1 Å². The Morgan fingerprint density at radius 2 is 1.25 bits per heavy atom. The van der Waals surface area contributed by atoms with Crippen molar-refractivity contribution >= 4 is 39.1 Å². The number of aliphatic hydroxyl groups excluding tert-OH is 1. The molecule has 11 rings (SSSR count). The number of ether oxygens (including phenoxy) is 2. The molecule has 0 spiro atoms. The number of esters is 1. The molecule has 5 aliphatic rings. The van der Waals surface area contributed by atoms with E-state index < -0.39 is 16.9 Å². The smallest absolute Gasteiger partial charge is 0.313 e. The molecule has 2 heterocycles. The maximum atomic E-state index is 14.8. The van der Waals surface area contributed by atoms with Crippen LogP contribution in [0.5, 0.6) is 0 Å². The minimum atomic E-state index is -0.615. The van der Waals surface area contributed by atoms with Crippen molar-refractivity contribution < 1.29 is 29.0 Å². The maximum absolute atomic E-state index is 14.8. The molecule has 0 saturated heterocycles. The van der Waals surface area contributed by atoms with Crippen molar-refractivity contribution in [3.05, 3.63) is 131 Å². The predicted octanol–water partition coefficient (Wildman–Crippen LogP) is 11.3. The number of benzene rings is 4. The molecule has 6 aromatic rings. The van der Waals surface area contributed by atoms with Gasteiger partial charge in [0.1, 0.15) is 31.1 Å². The molecule has 0 unspecified atom stereocenters. The average Bonchev–Trinajstić information content (AvgIpc) is 4.03. The summed E-state index contributed by atoms with van der Waals surface area (Å²) in [4.78, 5) is 41.3. The van der Waals surface area contributed by atoms with Gasteiger partial charge in [-0.25, -0.2) is 9.36 Å². The van der Waals surface area contributed by atoms with E-state index in [0.29, 0.717) is 35.0 Å². The molecular formula is C60H70N6O6. The van der Waals surface area contributed by atoms with E-state index in [0.717, 1.165) is 85.8 Å². The second kappa shape index (κ2) is 18.0. The summed E-state index contributed by atoms with van der Waals surface area (Å²) in [6.45, 7) is 15.3. The summed E-state index contributed by atoms with van der Waals surface area (Å²) >= 11 is 0. The first-order chi connectivity index (χ1) is 34.4. The van der Waals surface area contributed by atoms with Crippen molar-refractivity contribution in [2.45, 2.75) is 138 Å². The summed E-state index contributed by atoms with van der Waals surface area (Å²) in [5, 5.41) is 33.3. The normalized spacial score (nSPS) is 31.7. The lowest BCUT2D eigenvalue weighted by Gasteiger charge is -2.71. The molecule has 0 radical (unpaired) electrons. The van der Waals surface area contributed by atoms with E-state index in [2.05, 4.69) is 68.2 Å². The summed E-state index contributed by atoms with van der Waals surface area (Å²) in [6, 6.07) is 27.5. The fourth-order valence-electron chi connectivity index (χ4n) is 15.4. The number of carbonyl (C=O) groups excluding carboxylic acids is 3. The molecule has 1 N–H and O–H groups in total. The van der Waals surface area contributed by atoms with E-state index in [1.165, 1.54) is 10.3 Å². The predicted molar refractivity (Wildman–Crippen MR) is 275 cm³/mol. The molecule has 0 amide bonds. The standard InChI is InChI=1S/C60H70N6O6/c1-55(2)25-27-60(54(70)72-37-46-33-66(64-62-46)35-50(68)44-18-16-40-12-8-10-14-42(40)30-44)28-26-58(5)47(48(60)31-55)19-20-52-56(3)23-22-53(69)57(4,51(56)21-24-59(52,58)6)38-71-36-45-32-65(63-61-45)34-49(67)43-17-15-39-11-7-9-13-41(39)29-43/h7-19,29-30,32-33,48,51-53,69H,20-28,31,34-38H2,1-6H3/t48-,51+,52+,53-,56-,57-,58+,59+,60-/m0/s1. The van der Waals surface area contributed by atoms with Crippen molar-refractivity contribution in [2.75, 3.05) is 6.61 Å². The highest BCUT2D eigenvalue weighted by atomic mass is 16.5. The number of nitrogens with zero attached hydrogens (tertiary/aromatic N) is 6. The fourth-order valence-corrected chi connectivity index (χ4v) is 15.4. The first-order valence-corrected chi connectivity index (χ1v) is 26.4. The topological polar surface area (TPSA) is 151 Å². The van der Waals surface area contributed by atoms with E-state index in [-0.39, 0.29) is 77.3 Å². The number of fused-ring (bicyclic) bond motifs is 9. The largest absolute Gasteiger partial charge is 0.459 e. The summed E-state index contributed by atoms with van der Waals surface area (Å²) in [7, 11) is 0. The Morgan fingerprint density at radius 1 is 0.667 bits per heavy atom.